The van der Waals surface area contributed by atoms with Crippen molar-refractivity contribution < 1.29 is 19.0 Å². The van der Waals surface area contributed by atoms with Gasteiger partial charge in [0, 0.05) is 18.7 Å². The van der Waals surface area contributed by atoms with E-state index >= 15 is 0 Å². The van der Waals surface area contributed by atoms with Gasteiger partial charge in [-0.1, -0.05) is 11.6 Å². The number of ether oxygens (including phenoxy) is 3. The van der Waals surface area contributed by atoms with E-state index in [0.717, 1.165) is 17.7 Å². The normalized spacial score (nSPS) is 12.6. The van der Waals surface area contributed by atoms with Crippen LogP contribution in [0.25, 0.3) is 0 Å². The maximum absolute atomic E-state index is 13.0. The Morgan fingerprint density at radius 1 is 1.24 bits per heavy atom. The van der Waals surface area contributed by atoms with Gasteiger partial charge in [-0.3, -0.25) is 4.79 Å². The number of nitrogens with zero attached hydrogens (tertiary/aromatic N) is 2. The van der Waals surface area contributed by atoms with Crippen molar-refractivity contribution in [3.63, 3.8) is 0 Å². The second-order valence-electron chi connectivity index (χ2n) is 6.51. The number of carbonyl (C=O) groups excluding carboxylic acids is 1. The van der Waals surface area contributed by atoms with Crippen molar-refractivity contribution in [2.75, 3.05) is 31.3 Å². The third kappa shape index (κ3) is 5.33. The number of halogens is 1. The minimum absolute atomic E-state index is 0.130. The van der Waals surface area contributed by atoms with Crippen molar-refractivity contribution in [3.8, 4) is 23.3 Å². The summed E-state index contributed by atoms with van der Waals surface area (Å²) in [4.78, 5) is 14.7. The molecule has 2 aromatic rings. The highest BCUT2D eigenvalue weighted by Gasteiger charge is 2.20. The molecule has 3 rings (SSSR count). The summed E-state index contributed by atoms with van der Waals surface area (Å²) >= 11 is 6.34. The zero-order chi connectivity index (χ0) is 20.6. The van der Waals surface area contributed by atoms with Crippen LogP contribution in [-0.2, 0) is 11.2 Å². The van der Waals surface area contributed by atoms with Gasteiger partial charge in [-0.25, -0.2) is 0 Å². The molecule has 0 aliphatic carbocycles. The summed E-state index contributed by atoms with van der Waals surface area (Å²) in [6.07, 6.45) is 1.15. The lowest BCUT2D eigenvalue weighted by molar-refractivity contribution is -0.118. The highest BCUT2D eigenvalue weighted by molar-refractivity contribution is 6.32. The lowest BCUT2D eigenvalue weighted by atomic mass is 10.1. The maximum atomic E-state index is 13.0. The summed E-state index contributed by atoms with van der Waals surface area (Å²) in [5.41, 5.74) is 1.45. The van der Waals surface area contributed by atoms with Crippen molar-refractivity contribution in [2.45, 2.75) is 26.2 Å². The van der Waals surface area contributed by atoms with Crippen LogP contribution in [0, 0.1) is 11.3 Å². The van der Waals surface area contributed by atoms with Gasteiger partial charge in [-0.15, -0.1) is 0 Å². The Morgan fingerprint density at radius 2 is 2.00 bits per heavy atom. The van der Waals surface area contributed by atoms with Gasteiger partial charge in [0.2, 0.25) is 5.91 Å². The SMILES string of the molecule is CCOc1ccc(N(CCC#N)C(=O)Cc2cc(Cl)c3c(c2)OCCCO3)cc1. The molecule has 1 amide bonds. The molecule has 2 aromatic carbocycles. The molecule has 0 aromatic heterocycles. The van der Waals surface area contributed by atoms with E-state index in [2.05, 4.69) is 6.07 Å². The molecule has 1 aliphatic heterocycles. The van der Waals surface area contributed by atoms with Crippen LogP contribution in [0.1, 0.15) is 25.3 Å². The van der Waals surface area contributed by atoms with Crippen molar-refractivity contribution >= 4 is 23.2 Å². The maximum Gasteiger partial charge on any atom is 0.231 e. The van der Waals surface area contributed by atoms with Crippen LogP contribution in [0.15, 0.2) is 36.4 Å². The Hall–Kier alpha value is -2.91. The summed E-state index contributed by atoms with van der Waals surface area (Å²) in [5, 5.41) is 9.41. The summed E-state index contributed by atoms with van der Waals surface area (Å²) < 4.78 is 16.8. The monoisotopic (exact) mass is 414 g/mol. The Morgan fingerprint density at radius 3 is 2.72 bits per heavy atom. The molecule has 0 unspecified atom stereocenters. The quantitative estimate of drug-likeness (QED) is 0.671. The topological polar surface area (TPSA) is 71.8 Å². The van der Waals surface area contributed by atoms with Crippen LogP contribution in [-0.4, -0.2) is 32.3 Å². The molecule has 0 spiro atoms. The summed E-state index contributed by atoms with van der Waals surface area (Å²) in [7, 11) is 0. The number of carbonyl (C=O) groups is 1. The number of nitriles is 1. The molecule has 0 bridgehead atoms. The van der Waals surface area contributed by atoms with E-state index in [4.69, 9.17) is 31.1 Å². The summed E-state index contributed by atoms with van der Waals surface area (Å²) in [5.74, 6) is 1.68. The molecular weight excluding hydrogens is 392 g/mol. The van der Waals surface area contributed by atoms with Crippen molar-refractivity contribution in [1.29, 1.82) is 5.26 Å². The third-order valence-electron chi connectivity index (χ3n) is 4.42. The minimum atomic E-state index is -0.130. The van der Waals surface area contributed by atoms with Gasteiger partial charge in [0.25, 0.3) is 0 Å². The molecule has 7 heteroatoms. The molecule has 0 fully saturated rings. The molecule has 1 heterocycles. The van der Waals surface area contributed by atoms with E-state index in [0.29, 0.717) is 48.6 Å². The van der Waals surface area contributed by atoms with E-state index in [1.54, 1.807) is 17.0 Å². The first-order chi connectivity index (χ1) is 14.1. The molecule has 152 valence electrons. The Labute approximate surface area is 175 Å². The van der Waals surface area contributed by atoms with Crippen LogP contribution in [0.4, 0.5) is 5.69 Å². The minimum Gasteiger partial charge on any atom is -0.494 e. The van der Waals surface area contributed by atoms with Gasteiger partial charge < -0.3 is 19.1 Å². The van der Waals surface area contributed by atoms with Crippen molar-refractivity contribution in [1.82, 2.24) is 0 Å². The van der Waals surface area contributed by atoms with Gasteiger partial charge in [-0.05, 0) is 48.9 Å². The lowest BCUT2D eigenvalue weighted by Gasteiger charge is -2.22. The molecule has 0 saturated heterocycles. The van der Waals surface area contributed by atoms with Crippen LogP contribution in [0.3, 0.4) is 0 Å². The smallest absolute Gasteiger partial charge is 0.231 e. The van der Waals surface area contributed by atoms with Gasteiger partial charge in [-0.2, -0.15) is 5.26 Å². The highest BCUT2D eigenvalue weighted by atomic mass is 35.5. The number of benzene rings is 2. The predicted molar refractivity (Wildman–Crippen MR) is 111 cm³/mol. The predicted octanol–water partition coefficient (Wildman–Crippen LogP) is 4.39. The fourth-order valence-corrected chi connectivity index (χ4v) is 3.39. The number of hydrogen-bond acceptors (Lipinski definition) is 5. The fraction of sp³-hybridized carbons (Fsp3) is 0.364. The largest absolute Gasteiger partial charge is 0.494 e. The number of hydrogen-bond donors (Lipinski definition) is 0. The average molecular weight is 415 g/mol. The fourth-order valence-electron chi connectivity index (χ4n) is 3.10. The van der Waals surface area contributed by atoms with Crippen LogP contribution in [0.2, 0.25) is 5.02 Å². The number of fused-ring (bicyclic) bond motifs is 1. The van der Waals surface area contributed by atoms with Gasteiger partial charge in [0.1, 0.15) is 5.75 Å². The standard InChI is InChI=1S/C22H23ClN2O4/c1-2-27-18-7-5-17(6-8-18)25(10-3-9-24)21(26)15-16-13-19(23)22-20(14-16)28-11-4-12-29-22/h5-8,13-14H,2-4,10-12,15H2,1H3. The van der Waals surface area contributed by atoms with E-state index < -0.39 is 0 Å². The Kier molecular flexibility index (Phi) is 7.20. The number of rotatable bonds is 7. The van der Waals surface area contributed by atoms with E-state index in [9.17, 15) is 4.79 Å². The van der Waals surface area contributed by atoms with Crippen LogP contribution >= 0.6 is 11.6 Å². The Bertz CT molecular complexity index is 893. The number of anilines is 1. The Balaban J connectivity index is 1.80. The van der Waals surface area contributed by atoms with Crippen LogP contribution in [0.5, 0.6) is 17.2 Å². The van der Waals surface area contributed by atoms with Gasteiger partial charge in [0.05, 0.1) is 43.8 Å². The van der Waals surface area contributed by atoms with Crippen LogP contribution < -0.4 is 19.1 Å². The van der Waals surface area contributed by atoms with E-state index in [-0.39, 0.29) is 18.7 Å². The summed E-state index contributed by atoms with van der Waals surface area (Å²) in [6.45, 7) is 3.88. The zero-order valence-electron chi connectivity index (χ0n) is 16.3. The molecular formula is C22H23ClN2O4. The number of amides is 1. The lowest BCUT2D eigenvalue weighted by Crippen LogP contribution is -2.33. The highest BCUT2D eigenvalue weighted by Crippen LogP contribution is 2.38. The second-order valence-corrected chi connectivity index (χ2v) is 6.92. The molecule has 29 heavy (non-hydrogen) atoms. The third-order valence-corrected chi connectivity index (χ3v) is 4.71. The molecule has 0 atom stereocenters. The molecule has 0 saturated carbocycles. The van der Waals surface area contributed by atoms with Gasteiger partial charge >= 0.3 is 0 Å². The average Bonchev–Trinajstić information content (AvgIpc) is 2.95. The zero-order valence-corrected chi connectivity index (χ0v) is 17.1. The first-order valence-corrected chi connectivity index (χ1v) is 9.98. The van der Waals surface area contributed by atoms with Crippen molar-refractivity contribution in [2.24, 2.45) is 0 Å². The first-order valence-electron chi connectivity index (χ1n) is 9.60. The molecule has 6 nitrogen and oxygen atoms in total. The van der Waals surface area contributed by atoms with E-state index in [1.807, 2.05) is 31.2 Å². The molecule has 1 aliphatic rings. The summed E-state index contributed by atoms with van der Waals surface area (Å²) in [6, 6.07) is 12.9. The second kappa shape index (κ2) is 10.0. The van der Waals surface area contributed by atoms with Crippen molar-refractivity contribution in [3.05, 3.63) is 47.0 Å². The molecule has 0 N–H and O–H groups in total. The first kappa shape index (κ1) is 20.8. The van der Waals surface area contributed by atoms with E-state index in [1.165, 1.54) is 0 Å². The van der Waals surface area contributed by atoms with Gasteiger partial charge in [0.15, 0.2) is 11.5 Å². The molecule has 0 radical (unpaired) electrons.